The Morgan fingerprint density at radius 1 is 0.431 bits per heavy atom. The lowest BCUT2D eigenvalue weighted by Crippen LogP contribution is -2.13. The van der Waals surface area contributed by atoms with Crippen molar-refractivity contribution in [3.05, 3.63) is 70.8 Å². The molecular weight excluding hydrogens is 654 g/mol. The number of alkyl halides is 6. The lowest BCUT2D eigenvalue weighted by atomic mass is 9.77. The Morgan fingerprint density at radius 2 is 0.745 bits per heavy atom. The maximum atomic E-state index is 12.3. The number of aryl methyl sites for hydroxylation is 2. The molecule has 0 atom stereocenters. The minimum absolute atomic E-state index is 0.0918. The van der Waals surface area contributed by atoms with Gasteiger partial charge >= 0.3 is 12.4 Å². The second-order valence-corrected chi connectivity index (χ2v) is 15.9. The summed E-state index contributed by atoms with van der Waals surface area (Å²) >= 11 is 0. The maximum Gasteiger partial charge on any atom is 0.389 e. The van der Waals surface area contributed by atoms with Crippen LogP contribution < -0.4 is 0 Å². The maximum absolute atomic E-state index is 12.3. The van der Waals surface area contributed by atoms with Crippen LogP contribution in [-0.2, 0) is 12.8 Å². The Balaban J connectivity index is 0.000000276. The fourth-order valence-corrected chi connectivity index (χ4v) is 8.30. The van der Waals surface area contributed by atoms with Gasteiger partial charge in [0.05, 0.1) is 0 Å². The van der Waals surface area contributed by atoms with Gasteiger partial charge in [-0.25, -0.2) is 0 Å². The number of rotatable bonds is 19. The van der Waals surface area contributed by atoms with Crippen molar-refractivity contribution in [2.24, 2.45) is 11.8 Å². The van der Waals surface area contributed by atoms with Crippen molar-refractivity contribution in [3.63, 3.8) is 0 Å². The third-order valence-electron chi connectivity index (χ3n) is 11.7. The summed E-state index contributed by atoms with van der Waals surface area (Å²) in [5, 5.41) is 0. The summed E-state index contributed by atoms with van der Waals surface area (Å²) in [5.74, 6) is 2.99. The van der Waals surface area contributed by atoms with Crippen molar-refractivity contribution in [2.45, 2.75) is 199 Å². The number of hydrogen-bond acceptors (Lipinski definition) is 0. The van der Waals surface area contributed by atoms with Crippen molar-refractivity contribution in [1.82, 2.24) is 0 Å². The second-order valence-electron chi connectivity index (χ2n) is 15.9. The minimum Gasteiger partial charge on any atom is -0.171 e. The molecule has 0 spiro atoms. The van der Waals surface area contributed by atoms with E-state index in [-0.39, 0.29) is 12.8 Å². The van der Waals surface area contributed by atoms with Gasteiger partial charge in [0.2, 0.25) is 0 Å². The van der Waals surface area contributed by atoms with Crippen LogP contribution in [0, 0.1) is 11.8 Å². The summed E-state index contributed by atoms with van der Waals surface area (Å²) in [6.07, 6.45) is 18.6. The van der Waals surface area contributed by atoms with Gasteiger partial charge in [-0.3, -0.25) is 0 Å². The van der Waals surface area contributed by atoms with Gasteiger partial charge in [0.15, 0.2) is 0 Å². The van der Waals surface area contributed by atoms with E-state index in [1.165, 1.54) is 146 Å². The van der Waals surface area contributed by atoms with Gasteiger partial charge in [-0.15, -0.1) is 0 Å². The lowest BCUT2D eigenvalue weighted by Gasteiger charge is -2.29. The zero-order valence-corrected chi connectivity index (χ0v) is 31.9. The van der Waals surface area contributed by atoms with Gasteiger partial charge in [0, 0.05) is 12.8 Å². The van der Waals surface area contributed by atoms with Crippen molar-refractivity contribution in [1.29, 1.82) is 0 Å². The SMILES string of the molecule is CCCCCCCC1CCC(c2ccc(CCC(F)(F)F)cc2)CC1.CCCCCCCCC1CCC(c2ccc(CCC(F)(F)F)cc2)CC1. The van der Waals surface area contributed by atoms with Crippen LogP contribution in [0.3, 0.4) is 0 Å². The van der Waals surface area contributed by atoms with Crippen molar-refractivity contribution in [2.75, 3.05) is 0 Å². The highest BCUT2D eigenvalue weighted by Gasteiger charge is 2.28. The van der Waals surface area contributed by atoms with E-state index in [2.05, 4.69) is 38.1 Å². The molecule has 2 aromatic carbocycles. The molecule has 0 aromatic heterocycles. The summed E-state index contributed by atoms with van der Waals surface area (Å²) < 4.78 is 73.8. The molecule has 0 amide bonds. The second kappa shape index (κ2) is 23.6. The summed E-state index contributed by atoms with van der Waals surface area (Å²) in [7, 11) is 0. The van der Waals surface area contributed by atoms with Crippen LogP contribution in [0.2, 0.25) is 0 Å². The van der Waals surface area contributed by atoms with Gasteiger partial charge < -0.3 is 0 Å². The van der Waals surface area contributed by atoms with Crippen LogP contribution in [-0.4, -0.2) is 12.4 Å². The first-order chi connectivity index (χ1) is 24.5. The highest BCUT2D eigenvalue weighted by Crippen LogP contribution is 2.39. The monoisotopic (exact) mass is 723 g/mol. The molecule has 6 heteroatoms. The van der Waals surface area contributed by atoms with E-state index < -0.39 is 25.2 Å². The topological polar surface area (TPSA) is 0 Å². The predicted octanol–water partition coefficient (Wildman–Crippen LogP) is 16.0. The number of hydrogen-bond donors (Lipinski definition) is 0. The van der Waals surface area contributed by atoms with E-state index in [1.54, 1.807) is 0 Å². The fraction of sp³-hybridized carbons (Fsp3) is 0.733. The standard InChI is InChI=1S/C23H35F3.C22H33F3/c1-2-3-4-5-6-7-8-19-9-13-21(14-10-19)22-15-11-20(12-16-22)17-18-23(24,25)26;1-2-3-4-5-6-7-18-8-12-20(13-9-18)21-14-10-19(11-15-21)16-17-22(23,24)25/h11-12,15-16,19,21H,2-10,13-14,17-18H2,1H3;10-11,14-15,18,20H,2-9,12-13,16-17H2,1H3. The summed E-state index contributed by atoms with van der Waals surface area (Å²) in [5.41, 5.74) is 4.22. The molecule has 0 bridgehead atoms. The molecule has 0 saturated heterocycles. The van der Waals surface area contributed by atoms with E-state index in [0.29, 0.717) is 11.8 Å². The molecule has 0 heterocycles. The molecule has 2 saturated carbocycles. The summed E-state index contributed by atoms with van der Waals surface area (Å²) in [4.78, 5) is 0. The quantitative estimate of drug-likeness (QED) is 0.100. The van der Waals surface area contributed by atoms with Crippen LogP contribution in [0.1, 0.15) is 196 Å². The van der Waals surface area contributed by atoms with Crippen molar-refractivity contribution >= 4 is 0 Å². The zero-order valence-electron chi connectivity index (χ0n) is 31.9. The van der Waals surface area contributed by atoms with E-state index >= 15 is 0 Å². The summed E-state index contributed by atoms with van der Waals surface area (Å²) in [6, 6.07) is 15.8. The largest absolute Gasteiger partial charge is 0.389 e. The normalized spacial score (nSPS) is 21.3. The predicted molar refractivity (Wildman–Crippen MR) is 202 cm³/mol. The van der Waals surface area contributed by atoms with Gasteiger partial charge in [0.1, 0.15) is 0 Å². The van der Waals surface area contributed by atoms with E-state index in [1.807, 2.05) is 24.3 Å². The first-order valence-corrected chi connectivity index (χ1v) is 20.8. The van der Waals surface area contributed by atoms with Crippen molar-refractivity contribution < 1.29 is 26.3 Å². The third kappa shape index (κ3) is 19.1. The van der Waals surface area contributed by atoms with Gasteiger partial charge in [-0.2, -0.15) is 26.3 Å². The van der Waals surface area contributed by atoms with Gasteiger partial charge in [-0.05, 0) is 110 Å². The lowest BCUT2D eigenvalue weighted by molar-refractivity contribution is -0.134. The molecule has 2 aromatic rings. The average Bonchev–Trinajstić information content (AvgIpc) is 3.12. The third-order valence-corrected chi connectivity index (χ3v) is 11.7. The van der Waals surface area contributed by atoms with E-state index in [9.17, 15) is 26.3 Å². The molecular formula is C45H68F6. The van der Waals surface area contributed by atoms with Gasteiger partial charge in [-0.1, -0.05) is 146 Å². The number of benzene rings is 2. The van der Waals surface area contributed by atoms with Crippen LogP contribution in [0.15, 0.2) is 48.5 Å². The number of unbranched alkanes of at least 4 members (excludes halogenated alkanes) is 9. The Hall–Kier alpha value is -1.98. The van der Waals surface area contributed by atoms with E-state index in [4.69, 9.17) is 0 Å². The van der Waals surface area contributed by atoms with E-state index in [0.717, 1.165) is 23.0 Å². The minimum atomic E-state index is -4.06. The highest BCUT2D eigenvalue weighted by atomic mass is 19.4. The molecule has 51 heavy (non-hydrogen) atoms. The molecule has 0 radical (unpaired) electrons. The molecule has 2 fully saturated rings. The first kappa shape index (κ1) is 43.4. The molecule has 2 aliphatic carbocycles. The molecule has 4 rings (SSSR count). The van der Waals surface area contributed by atoms with Crippen LogP contribution in [0.25, 0.3) is 0 Å². The zero-order chi connectivity index (χ0) is 37.0. The average molecular weight is 723 g/mol. The highest BCUT2D eigenvalue weighted by molar-refractivity contribution is 5.27. The van der Waals surface area contributed by atoms with Crippen molar-refractivity contribution in [3.8, 4) is 0 Å². The Labute approximate surface area is 307 Å². The molecule has 0 N–H and O–H groups in total. The van der Waals surface area contributed by atoms with Crippen LogP contribution in [0.5, 0.6) is 0 Å². The molecule has 0 aliphatic heterocycles. The summed E-state index contributed by atoms with van der Waals surface area (Å²) in [6.45, 7) is 4.51. The number of halogens is 6. The molecule has 0 nitrogen and oxygen atoms in total. The Bertz CT molecular complexity index is 1130. The molecule has 2 aliphatic rings. The first-order valence-electron chi connectivity index (χ1n) is 20.8. The molecule has 290 valence electrons. The van der Waals surface area contributed by atoms with Crippen LogP contribution in [0.4, 0.5) is 26.3 Å². The van der Waals surface area contributed by atoms with Gasteiger partial charge in [0.25, 0.3) is 0 Å². The molecule has 0 unspecified atom stereocenters. The fourth-order valence-electron chi connectivity index (χ4n) is 8.30. The van der Waals surface area contributed by atoms with Crippen LogP contribution >= 0.6 is 0 Å². The smallest absolute Gasteiger partial charge is 0.171 e. The Morgan fingerprint density at radius 3 is 1.06 bits per heavy atom. The Kier molecular flexibility index (Phi) is 20.1.